The third-order valence-corrected chi connectivity index (χ3v) is 3.19. The molecular weight excluding hydrogens is 322 g/mol. The van der Waals surface area contributed by atoms with Crippen LogP contribution >= 0.6 is 0 Å². The van der Waals surface area contributed by atoms with E-state index >= 15 is 0 Å². The quantitative estimate of drug-likeness (QED) is 0.363. The van der Waals surface area contributed by atoms with E-state index in [-0.39, 0.29) is 12.5 Å². The van der Waals surface area contributed by atoms with Crippen LogP contribution in [0.3, 0.4) is 0 Å². The number of nitrogens with zero attached hydrogens (tertiary/aromatic N) is 1. The summed E-state index contributed by atoms with van der Waals surface area (Å²) in [6.07, 6.45) is 1.57. The first kappa shape index (κ1) is 20.6. The van der Waals surface area contributed by atoms with Crippen LogP contribution in [0.15, 0.2) is 23.4 Å². The Balaban J connectivity index is 2.60. The number of rotatable bonds is 11. The molecule has 3 N–H and O–H groups in total. The Labute approximate surface area is 149 Å². The molecule has 0 saturated carbocycles. The third-order valence-electron chi connectivity index (χ3n) is 3.19. The van der Waals surface area contributed by atoms with E-state index in [1.165, 1.54) is 0 Å². The van der Waals surface area contributed by atoms with Crippen molar-refractivity contribution < 1.29 is 19.1 Å². The zero-order valence-electron chi connectivity index (χ0n) is 15.5. The smallest absolute Gasteiger partial charge is 0.265 e. The number of amidine groups is 1. The molecule has 7 nitrogen and oxygen atoms in total. The van der Waals surface area contributed by atoms with Gasteiger partial charge in [-0.15, -0.1) is 0 Å². The number of ether oxygens (including phenoxy) is 2. The van der Waals surface area contributed by atoms with Crippen LogP contribution in [0.2, 0.25) is 0 Å². The van der Waals surface area contributed by atoms with Gasteiger partial charge in [-0.25, -0.2) is 0 Å². The van der Waals surface area contributed by atoms with Gasteiger partial charge in [-0.3, -0.25) is 4.79 Å². The molecule has 0 aliphatic carbocycles. The highest BCUT2D eigenvalue weighted by Gasteiger charge is 2.10. The largest absolute Gasteiger partial charge is 0.494 e. The van der Waals surface area contributed by atoms with Crippen molar-refractivity contribution in [3.63, 3.8) is 0 Å². The number of carbonyl (C=O) groups is 1. The van der Waals surface area contributed by atoms with Gasteiger partial charge in [0.05, 0.1) is 18.9 Å². The molecule has 7 heteroatoms. The third kappa shape index (κ3) is 8.28. The summed E-state index contributed by atoms with van der Waals surface area (Å²) in [5.74, 6) is 1.79. The van der Waals surface area contributed by atoms with Crippen molar-refractivity contribution >= 4 is 17.4 Å². The average Bonchev–Trinajstić information content (AvgIpc) is 2.55. The zero-order valence-corrected chi connectivity index (χ0v) is 15.5. The van der Waals surface area contributed by atoms with Crippen LogP contribution in [-0.2, 0) is 9.63 Å². The molecule has 1 rings (SSSR count). The van der Waals surface area contributed by atoms with Gasteiger partial charge in [-0.1, -0.05) is 19.0 Å². The molecule has 0 fully saturated rings. The van der Waals surface area contributed by atoms with Gasteiger partial charge in [0.25, 0.3) is 5.91 Å². The number of nitrogens with one attached hydrogen (secondary N) is 1. The van der Waals surface area contributed by atoms with Crippen molar-refractivity contribution in [3.8, 4) is 11.5 Å². The highest BCUT2D eigenvalue weighted by Crippen LogP contribution is 2.29. The Morgan fingerprint density at radius 2 is 1.96 bits per heavy atom. The van der Waals surface area contributed by atoms with E-state index in [9.17, 15) is 4.79 Å². The summed E-state index contributed by atoms with van der Waals surface area (Å²) in [6, 6.07) is 5.26. The van der Waals surface area contributed by atoms with Gasteiger partial charge in [0.2, 0.25) is 0 Å². The van der Waals surface area contributed by atoms with Crippen molar-refractivity contribution in [1.29, 1.82) is 0 Å². The van der Waals surface area contributed by atoms with Crippen molar-refractivity contribution in [2.24, 2.45) is 16.8 Å². The minimum Gasteiger partial charge on any atom is -0.494 e. The lowest BCUT2D eigenvalue weighted by Gasteiger charge is -2.13. The Kier molecular flexibility index (Phi) is 9.21. The monoisotopic (exact) mass is 351 g/mol. The van der Waals surface area contributed by atoms with E-state index in [2.05, 4.69) is 24.3 Å². The van der Waals surface area contributed by atoms with E-state index in [0.717, 1.165) is 6.42 Å². The van der Waals surface area contributed by atoms with E-state index in [4.69, 9.17) is 20.0 Å². The molecule has 0 unspecified atom stereocenters. The molecule has 0 aliphatic heterocycles. The SMILES string of the molecule is CCOc1ccc(OCC)c(NC(=O)CO/N=C(\N)CCC(C)C)c1. The van der Waals surface area contributed by atoms with Crippen LogP contribution in [0.5, 0.6) is 11.5 Å². The molecule has 1 aromatic rings. The maximum atomic E-state index is 12.0. The number of hydrogen-bond donors (Lipinski definition) is 2. The number of carbonyl (C=O) groups excluding carboxylic acids is 1. The molecule has 25 heavy (non-hydrogen) atoms. The normalized spacial score (nSPS) is 11.3. The second-order valence-electron chi connectivity index (χ2n) is 5.86. The van der Waals surface area contributed by atoms with Crippen molar-refractivity contribution in [1.82, 2.24) is 0 Å². The minimum atomic E-state index is -0.352. The predicted molar refractivity (Wildman–Crippen MR) is 99.1 cm³/mol. The van der Waals surface area contributed by atoms with Gasteiger partial charge in [0.15, 0.2) is 6.61 Å². The second-order valence-corrected chi connectivity index (χ2v) is 5.86. The summed E-state index contributed by atoms with van der Waals surface area (Å²) >= 11 is 0. The van der Waals surface area contributed by atoms with Gasteiger partial charge in [-0.05, 0) is 38.3 Å². The highest BCUT2D eigenvalue weighted by atomic mass is 16.6. The molecule has 0 spiro atoms. The van der Waals surface area contributed by atoms with Crippen molar-refractivity contribution in [2.45, 2.75) is 40.5 Å². The fraction of sp³-hybridized carbons (Fsp3) is 0.556. The summed E-state index contributed by atoms with van der Waals surface area (Å²) in [5.41, 5.74) is 6.26. The van der Waals surface area contributed by atoms with Crippen molar-refractivity contribution in [3.05, 3.63) is 18.2 Å². The molecular formula is C18H29N3O4. The lowest BCUT2D eigenvalue weighted by molar-refractivity contribution is -0.120. The van der Waals surface area contributed by atoms with Gasteiger partial charge in [0, 0.05) is 12.5 Å². The average molecular weight is 351 g/mol. The van der Waals surface area contributed by atoms with Gasteiger partial charge in [-0.2, -0.15) is 0 Å². The Morgan fingerprint density at radius 3 is 2.60 bits per heavy atom. The van der Waals surface area contributed by atoms with Crippen LogP contribution in [0.1, 0.15) is 40.5 Å². The number of anilines is 1. The van der Waals surface area contributed by atoms with E-state index in [0.29, 0.717) is 48.6 Å². The summed E-state index contributed by atoms with van der Waals surface area (Å²) in [7, 11) is 0. The highest BCUT2D eigenvalue weighted by molar-refractivity contribution is 5.93. The van der Waals surface area contributed by atoms with Crippen LogP contribution in [0, 0.1) is 5.92 Å². The summed E-state index contributed by atoms with van der Waals surface area (Å²) < 4.78 is 11.0. The minimum absolute atomic E-state index is 0.229. The first-order valence-corrected chi connectivity index (χ1v) is 8.60. The number of oxime groups is 1. The standard InChI is InChI=1S/C18H29N3O4/c1-5-23-14-8-9-16(24-6-2)15(11-14)20-18(22)12-25-21-17(19)10-7-13(3)4/h8-9,11,13H,5-7,10,12H2,1-4H3,(H2,19,21)(H,20,22). The van der Waals surface area contributed by atoms with E-state index in [1.54, 1.807) is 18.2 Å². The molecule has 0 heterocycles. The number of benzene rings is 1. The summed E-state index contributed by atoms with van der Waals surface area (Å²) in [5, 5.41) is 6.50. The van der Waals surface area contributed by atoms with Gasteiger partial charge < -0.3 is 25.4 Å². The van der Waals surface area contributed by atoms with Gasteiger partial charge >= 0.3 is 0 Å². The molecule has 140 valence electrons. The molecule has 0 saturated heterocycles. The fourth-order valence-electron chi connectivity index (χ4n) is 1.99. The number of hydrogen-bond acceptors (Lipinski definition) is 5. The molecule has 0 bridgehead atoms. The molecule has 0 aromatic heterocycles. The first-order valence-electron chi connectivity index (χ1n) is 8.60. The van der Waals surface area contributed by atoms with Crippen LogP contribution < -0.4 is 20.5 Å². The first-order chi connectivity index (χ1) is 12.0. The lowest BCUT2D eigenvalue weighted by atomic mass is 10.1. The predicted octanol–water partition coefficient (Wildman–Crippen LogP) is 3.15. The topological polar surface area (TPSA) is 95.2 Å². The zero-order chi connectivity index (χ0) is 18.7. The Morgan fingerprint density at radius 1 is 1.24 bits per heavy atom. The molecule has 0 atom stereocenters. The van der Waals surface area contributed by atoms with Gasteiger partial charge in [0.1, 0.15) is 17.3 Å². The lowest BCUT2D eigenvalue weighted by Crippen LogP contribution is -2.19. The van der Waals surface area contributed by atoms with E-state index in [1.807, 2.05) is 13.8 Å². The van der Waals surface area contributed by atoms with Crippen LogP contribution in [0.25, 0.3) is 0 Å². The second kappa shape index (κ2) is 11.2. The van der Waals surface area contributed by atoms with Crippen molar-refractivity contribution in [2.75, 3.05) is 25.1 Å². The maximum absolute atomic E-state index is 12.0. The summed E-state index contributed by atoms with van der Waals surface area (Å²) in [4.78, 5) is 17.1. The molecule has 0 radical (unpaired) electrons. The van der Waals surface area contributed by atoms with Crippen LogP contribution in [0.4, 0.5) is 5.69 Å². The Hall–Kier alpha value is -2.44. The van der Waals surface area contributed by atoms with Crippen LogP contribution in [-0.4, -0.2) is 31.6 Å². The molecule has 1 aromatic carbocycles. The molecule has 1 amide bonds. The van der Waals surface area contributed by atoms with E-state index < -0.39 is 0 Å². The summed E-state index contributed by atoms with van der Waals surface area (Å²) in [6.45, 7) is 8.78. The number of amides is 1. The molecule has 0 aliphatic rings. The number of nitrogens with two attached hydrogens (primary N) is 1. The Bertz CT molecular complexity index is 573. The maximum Gasteiger partial charge on any atom is 0.265 e. The fourth-order valence-corrected chi connectivity index (χ4v) is 1.99.